The van der Waals surface area contributed by atoms with Crippen LogP contribution in [0.2, 0.25) is 0 Å². The smallest absolute Gasteiger partial charge is 0.0370 e. The highest BCUT2D eigenvalue weighted by molar-refractivity contribution is 7.31. The Morgan fingerprint density at radius 3 is 2.80 bits per heavy atom. The van der Waals surface area contributed by atoms with Crippen LogP contribution in [0.15, 0.2) is 0 Å². The third-order valence-corrected chi connectivity index (χ3v) is 2.50. The highest BCUT2D eigenvalue weighted by Gasteiger charge is 2.22. The van der Waals surface area contributed by atoms with Gasteiger partial charge in [0.25, 0.3) is 0 Å². The van der Waals surface area contributed by atoms with E-state index in [1.165, 1.54) is 19.3 Å². The molecule has 2 nitrogen and oxygen atoms in total. The Morgan fingerprint density at radius 2 is 2.30 bits per heavy atom. The van der Waals surface area contributed by atoms with Gasteiger partial charge in [-0.15, -0.1) is 0 Å². The number of rotatable bonds is 3. The molecule has 3 atom stereocenters. The highest BCUT2D eigenvalue weighted by atomic mass is 31.1. The van der Waals surface area contributed by atoms with Crippen LogP contribution in [0.1, 0.15) is 26.2 Å². The molecule has 1 fully saturated rings. The van der Waals surface area contributed by atoms with E-state index in [0.29, 0.717) is 14.8 Å². The normalized spacial score (nSPS) is 34.2. The summed E-state index contributed by atoms with van der Waals surface area (Å²) in [5, 5.41) is 0. The van der Waals surface area contributed by atoms with Crippen LogP contribution in [0.25, 0.3) is 0 Å². The van der Waals surface area contributed by atoms with Gasteiger partial charge in [0.1, 0.15) is 0 Å². The zero-order chi connectivity index (χ0) is 7.40. The molecule has 0 spiro atoms. The monoisotopic (exact) mass is 161 g/mol. The van der Waals surface area contributed by atoms with E-state index >= 15 is 0 Å². The summed E-state index contributed by atoms with van der Waals surface area (Å²) in [5.41, 5.74) is 3.09. The van der Waals surface area contributed by atoms with Crippen molar-refractivity contribution in [2.24, 2.45) is 5.92 Å². The molecule has 1 aliphatic carbocycles. The fraction of sp³-hybridized carbons (Fsp3) is 1.00. The predicted octanol–water partition coefficient (Wildman–Crippen LogP) is 1.92. The second-order valence-corrected chi connectivity index (χ2v) is 3.55. The second kappa shape index (κ2) is 4.27. The van der Waals surface area contributed by atoms with Crippen LogP contribution in [-0.2, 0) is 4.62 Å². The third-order valence-electron chi connectivity index (χ3n) is 2.17. The van der Waals surface area contributed by atoms with Crippen LogP contribution in [0.4, 0.5) is 0 Å². The van der Waals surface area contributed by atoms with Crippen LogP contribution in [0.5, 0.6) is 0 Å². The maximum Gasteiger partial charge on any atom is 0.0370 e. The van der Waals surface area contributed by atoms with Crippen LogP contribution in [0, 0.1) is 5.92 Å². The minimum atomic E-state index is 0.563. The summed E-state index contributed by atoms with van der Waals surface area (Å²) in [5.74, 6) is 0.802. The van der Waals surface area contributed by atoms with Gasteiger partial charge in [0.2, 0.25) is 0 Å². The first-order chi connectivity index (χ1) is 4.84. The van der Waals surface area contributed by atoms with Crippen molar-refractivity contribution in [1.29, 1.82) is 0 Å². The lowest BCUT2D eigenvalue weighted by Crippen LogP contribution is -2.28. The van der Waals surface area contributed by atoms with Crippen molar-refractivity contribution in [2.45, 2.75) is 32.2 Å². The van der Waals surface area contributed by atoms with Gasteiger partial charge in [0.05, 0.1) is 0 Å². The molecule has 0 radical (unpaired) electrons. The first-order valence-corrected chi connectivity index (χ1v) is 5.33. The van der Waals surface area contributed by atoms with Crippen molar-refractivity contribution in [3.05, 3.63) is 0 Å². The van der Waals surface area contributed by atoms with Gasteiger partial charge >= 0.3 is 0 Å². The highest BCUT2D eigenvalue weighted by Crippen LogP contribution is 2.25. The molecule has 3 heteroatoms. The van der Waals surface area contributed by atoms with E-state index in [-0.39, 0.29) is 0 Å². The molecule has 10 heavy (non-hydrogen) atoms. The van der Waals surface area contributed by atoms with Gasteiger partial charge in [-0.25, -0.2) is 0 Å². The molecule has 0 aromatic rings. The predicted molar refractivity (Wildman–Crippen MR) is 45.3 cm³/mol. The molecule has 60 valence electrons. The van der Waals surface area contributed by atoms with Gasteiger partial charge < -0.3 is 0 Å². The summed E-state index contributed by atoms with van der Waals surface area (Å²) in [6.45, 7) is 4.32. The summed E-state index contributed by atoms with van der Waals surface area (Å²) >= 11 is 0. The number of nitrogens with one attached hydrogen (secondary N) is 1. The second-order valence-electron chi connectivity index (χ2n) is 2.94. The fourth-order valence-corrected chi connectivity index (χ4v) is 1.72. The minimum absolute atomic E-state index is 0.563. The topological polar surface area (TPSA) is 21.3 Å². The molecular formula is C7H16NOP. The molecule has 3 unspecified atom stereocenters. The molecule has 0 saturated heterocycles. The van der Waals surface area contributed by atoms with E-state index in [9.17, 15) is 0 Å². The Kier molecular flexibility index (Phi) is 3.61. The zero-order valence-electron chi connectivity index (χ0n) is 6.68. The Hall–Kier alpha value is 0.350. The van der Waals surface area contributed by atoms with Crippen LogP contribution >= 0.6 is 8.81 Å². The van der Waals surface area contributed by atoms with E-state index in [1.54, 1.807) is 0 Å². The molecule has 0 aromatic heterocycles. The zero-order valence-corrected chi connectivity index (χ0v) is 7.68. The van der Waals surface area contributed by atoms with E-state index in [2.05, 4.69) is 12.4 Å². The molecule has 1 rings (SSSR count). The number of hydrogen-bond acceptors (Lipinski definition) is 2. The maximum atomic E-state index is 5.17. The van der Waals surface area contributed by atoms with Gasteiger partial charge in [-0.3, -0.25) is 4.62 Å². The van der Waals surface area contributed by atoms with Crippen LogP contribution in [-0.4, -0.2) is 12.7 Å². The molecule has 1 aliphatic rings. The van der Waals surface area contributed by atoms with Crippen molar-refractivity contribution in [3.63, 3.8) is 0 Å². The lowest BCUT2D eigenvalue weighted by atomic mass is 10.1. The average Bonchev–Trinajstić information content (AvgIpc) is 2.31. The van der Waals surface area contributed by atoms with Gasteiger partial charge in [-0.05, 0) is 25.4 Å². The lowest BCUT2D eigenvalue weighted by molar-refractivity contribution is 0.164. The van der Waals surface area contributed by atoms with Crippen LogP contribution < -0.4 is 5.48 Å². The number of hydroxylamine groups is 1. The lowest BCUT2D eigenvalue weighted by Gasteiger charge is -2.15. The van der Waals surface area contributed by atoms with Gasteiger partial charge in [0.15, 0.2) is 0 Å². The summed E-state index contributed by atoms with van der Waals surface area (Å²) in [7, 11) is 0.563. The Bertz CT molecular complexity index is 99.6. The van der Waals surface area contributed by atoms with Crippen molar-refractivity contribution in [3.8, 4) is 0 Å². The summed E-state index contributed by atoms with van der Waals surface area (Å²) in [6.07, 6.45) is 3.99. The van der Waals surface area contributed by atoms with Gasteiger partial charge in [-0.1, -0.05) is 13.3 Å². The molecule has 1 saturated carbocycles. The Balaban J connectivity index is 2.14. The SMILES string of the molecule is CPONC1CCCC1C. The molecule has 1 N–H and O–H groups in total. The molecule has 0 bridgehead atoms. The first-order valence-electron chi connectivity index (χ1n) is 3.92. The van der Waals surface area contributed by atoms with Crippen molar-refractivity contribution in [1.82, 2.24) is 5.48 Å². The number of hydrogen-bond donors (Lipinski definition) is 1. The molecule has 0 aromatic carbocycles. The van der Waals surface area contributed by atoms with E-state index < -0.39 is 0 Å². The maximum absolute atomic E-state index is 5.17. The molecule has 0 amide bonds. The van der Waals surface area contributed by atoms with Crippen molar-refractivity contribution in [2.75, 3.05) is 6.66 Å². The molecular weight excluding hydrogens is 145 g/mol. The van der Waals surface area contributed by atoms with E-state index in [0.717, 1.165) is 5.92 Å². The molecule has 0 heterocycles. The van der Waals surface area contributed by atoms with Gasteiger partial charge in [0, 0.05) is 14.8 Å². The first kappa shape index (κ1) is 8.45. The summed E-state index contributed by atoms with van der Waals surface area (Å²) < 4.78 is 5.17. The minimum Gasteiger partial charge on any atom is -0.283 e. The third kappa shape index (κ3) is 2.19. The largest absolute Gasteiger partial charge is 0.283 e. The quantitative estimate of drug-likeness (QED) is 0.504. The average molecular weight is 161 g/mol. The van der Waals surface area contributed by atoms with E-state index in [4.69, 9.17) is 4.62 Å². The molecule has 0 aliphatic heterocycles. The van der Waals surface area contributed by atoms with Crippen molar-refractivity contribution >= 4 is 8.81 Å². The van der Waals surface area contributed by atoms with E-state index in [1.807, 2.05) is 6.66 Å². The van der Waals surface area contributed by atoms with Crippen LogP contribution in [0.3, 0.4) is 0 Å². The Morgan fingerprint density at radius 1 is 1.50 bits per heavy atom. The summed E-state index contributed by atoms with van der Waals surface area (Å²) in [4.78, 5) is 0. The Labute approximate surface area is 64.5 Å². The summed E-state index contributed by atoms with van der Waals surface area (Å²) in [6, 6.07) is 0.618. The fourth-order valence-electron chi connectivity index (χ4n) is 1.46. The van der Waals surface area contributed by atoms with Crippen molar-refractivity contribution < 1.29 is 4.62 Å². The van der Waals surface area contributed by atoms with Gasteiger partial charge in [-0.2, -0.15) is 5.48 Å². The standard InChI is InChI=1S/C7H16NOP/c1-6-4-3-5-7(6)8-9-10-2/h6-8,10H,3-5H2,1-2H3.